The minimum Gasteiger partial charge on any atom is -0.375 e. The summed E-state index contributed by atoms with van der Waals surface area (Å²) in [6, 6.07) is 6.20. The van der Waals surface area contributed by atoms with Crippen molar-refractivity contribution >= 4 is 5.91 Å². The van der Waals surface area contributed by atoms with Crippen LogP contribution >= 0.6 is 0 Å². The maximum absolute atomic E-state index is 12.6. The van der Waals surface area contributed by atoms with Gasteiger partial charge in [-0.2, -0.15) is 0 Å². The zero-order valence-electron chi connectivity index (χ0n) is 14.4. The van der Waals surface area contributed by atoms with E-state index in [4.69, 9.17) is 4.74 Å². The van der Waals surface area contributed by atoms with Crippen LogP contribution in [-0.4, -0.2) is 66.1 Å². The van der Waals surface area contributed by atoms with Crippen molar-refractivity contribution in [1.29, 1.82) is 0 Å². The molecule has 1 amide bonds. The van der Waals surface area contributed by atoms with Gasteiger partial charge in [0.2, 0.25) is 0 Å². The van der Waals surface area contributed by atoms with E-state index in [1.54, 1.807) is 6.07 Å². The number of likely N-dealkylation sites (tertiary alicyclic amines) is 1. The number of aromatic nitrogens is 1. The van der Waals surface area contributed by atoms with Gasteiger partial charge in [-0.15, -0.1) is 0 Å². The predicted octanol–water partition coefficient (Wildman–Crippen LogP) is 2.11. The van der Waals surface area contributed by atoms with Crippen LogP contribution in [0.3, 0.4) is 0 Å². The number of aryl methyl sites for hydroxylation is 1. The highest BCUT2D eigenvalue weighted by atomic mass is 16.5. The fourth-order valence-corrected chi connectivity index (χ4v) is 3.73. The minimum absolute atomic E-state index is 0.0377. The first-order valence-corrected chi connectivity index (χ1v) is 8.52. The van der Waals surface area contributed by atoms with Gasteiger partial charge < -0.3 is 14.5 Å². The van der Waals surface area contributed by atoms with Gasteiger partial charge in [0.05, 0.1) is 5.60 Å². The Morgan fingerprint density at radius 2 is 2.09 bits per heavy atom. The minimum atomic E-state index is -0.0377. The molecule has 0 N–H and O–H groups in total. The number of hydrogen-bond acceptors (Lipinski definition) is 4. The number of nitrogens with zero attached hydrogens (tertiary/aromatic N) is 3. The summed E-state index contributed by atoms with van der Waals surface area (Å²) in [6.45, 7) is 4.26. The molecule has 126 valence electrons. The van der Waals surface area contributed by atoms with Crippen LogP contribution in [0, 0.1) is 6.92 Å². The van der Waals surface area contributed by atoms with Gasteiger partial charge >= 0.3 is 0 Å². The average Bonchev–Trinajstić information content (AvgIpc) is 2.55. The van der Waals surface area contributed by atoms with Gasteiger partial charge in [-0.25, -0.2) is 4.98 Å². The molecule has 3 heterocycles. The summed E-state index contributed by atoms with van der Waals surface area (Å²) in [5, 5.41) is 0. The summed E-state index contributed by atoms with van der Waals surface area (Å²) in [5.74, 6) is 0.0449. The molecule has 5 heteroatoms. The maximum Gasteiger partial charge on any atom is 0.272 e. The second kappa shape index (κ2) is 6.57. The van der Waals surface area contributed by atoms with Crippen molar-refractivity contribution in [3.63, 3.8) is 0 Å². The Morgan fingerprint density at radius 1 is 1.35 bits per heavy atom. The Kier molecular flexibility index (Phi) is 4.69. The molecule has 1 aromatic heterocycles. The van der Waals surface area contributed by atoms with E-state index in [9.17, 15) is 4.79 Å². The Morgan fingerprint density at radius 3 is 2.74 bits per heavy atom. The number of ether oxygens (including phenoxy) is 1. The molecule has 2 saturated heterocycles. The molecular weight excluding hydrogens is 290 g/mol. The van der Waals surface area contributed by atoms with Gasteiger partial charge in [-0.3, -0.25) is 4.79 Å². The van der Waals surface area contributed by atoms with E-state index in [1.165, 1.54) is 0 Å². The van der Waals surface area contributed by atoms with E-state index in [2.05, 4.69) is 24.0 Å². The standard InChI is InChI=1S/C18H27N3O2/c1-14-5-4-6-16(19-14)17(22)21-10-8-18(9-11-21)13-15(20(2)3)7-12-23-18/h4-6,15H,7-13H2,1-3H3. The van der Waals surface area contributed by atoms with Gasteiger partial charge in [0, 0.05) is 31.4 Å². The Balaban J connectivity index is 1.63. The van der Waals surface area contributed by atoms with Crippen LogP contribution in [0.5, 0.6) is 0 Å². The van der Waals surface area contributed by atoms with Crippen molar-refractivity contribution in [1.82, 2.24) is 14.8 Å². The van der Waals surface area contributed by atoms with Gasteiger partial charge in [0.1, 0.15) is 5.69 Å². The topological polar surface area (TPSA) is 45.7 Å². The molecule has 2 aliphatic rings. The lowest BCUT2D eigenvalue weighted by Gasteiger charge is -2.47. The third-order valence-corrected chi connectivity index (χ3v) is 5.27. The smallest absolute Gasteiger partial charge is 0.272 e. The van der Waals surface area contributed by atoms with Crippen molar-refractivity contribution in [3.05, 3.63) is 29.6 Å². The number of carbonyl (C=O) groups is 1. The number of amides is 1. The van der Waals surface area contributed by atoms with E-state index in [0.717, 1.165) is 51.1 Å². The van der Waals surface area contributed by atoms with Crippen molar-refractivity contribution in [3.8, 4) is 0 Å². The molecule has 3 rings (SSSR count). The lowest BCUT2D eigenvalue weighted by molar-refractivity contribution is -0.125. The highest BCUT2D eigenvalue weighted by Gasteiger charge is 2.41. The molecule has 1 spiro atoms. The average molecular weight is 317 g/mol. The maximum atomic E-state index is 12.6. The second-order valence-corrected chi connectivity index (χ2v) is 7.10. The van der Waals surface area contributed by atoms with Gasteiger partial charge in [0.25, 0.3) is 5.91 Å². The van der Waals surface area contributed by atoms with Crippen molar-refractivity contribution in [2.45, 2.75) is 44.2 Å². The van der Waals surface area contributed by atoms with Gasteiger partial charge in [-0.1, -0.05) is 6.07 Å². The van der Waals surface area contributed by atoms with E-state index in [0.29, 0.717) is 11.7 Å². The van der Waals surface area contributed by atoms with Crippen molar-refractivity contribution in [2.24, 2.45) is 0 Å². The third-order valence-electron chi connectivity index (χ3n) is 5.27. The fourth-order valence-electron chi connectivity index (χ4n) is 3.73. The normalized spacial score (nSPS) is 24.2. The summed E-state index contributed by atoms with van der Waals surface area (Å²) < 4.78 is 6.16. The molecule has 5 nitrogen and oxygen atoms in total. The van der Waals surface area contributed by atoms with Gasteiger partial charge in [-0.05, 0) is 58.8 Å². The predicted molar refractivity (Wildman–Crippen MR) is 89.5 cm³/mol. The van der Waals surface area contributed by atoms with Crippen LogP contribution in [0.15, 0.2) is 18.2 Å². The zero-order valence-corrected chi connectivity index (χ0v) is 14.4. The van der Waals surface area contributed by atoms with E-state index >= 15 is 0 Å². The first-order valence-electron chi connectivity index (χ1n) is 8.52. The van der Waals surface area contributed by atoms with Crippen LogP contribution in [0.1, 0.15) is 41.9 Å². The quantitative estimate of drug-likeness (QED) is 0.838. The molecular formula is C18H27N3O2. The van der Waals surface area contributed by atoms with E-state index in [-0.39, 0.29) is 11.5 Å². The lowest BCUT2D eigenvalue weighted by Crippen LogP contribution is -2.53. The van der Waals surface area contributed by atoms with Gasteiger partial charge in [0.15, 0.2) is 0 Å². The Hall–Kier alpha value is -1.46. The molecule has 0 radical (unpaired) electrons. The number of pyridine rings is 1. The first-order chi connectivity index (χ1) is 11.0. The lowest BCUT2D eigenvalue weighted by atomic mass is 9.82. The largest absolute Gasteiger partial charge is 0.375 e. The van der Waals surface area contributed by atoms with Crippen LogP contribution in [0.4, 0.5) is 0 Å². The molecule has 23 heavy (non-hydrogen) atoms. The van der Waals surface area contributed by atoms with Crippen molar-refractivity contribution in [2.75, 3.05) is 33.8 Å². The van der Waals surface area contributed by atoms with Crippen LogP contribution in [0.25, 0.3) is 0 Å². The molecule has 0 bridgehead atoms. The summed E-state index contributed by atoms with van der Waals surface area (Å²) in [5.41, 5.74) is 1.40. The highest BCUT2D eigenvalue weighted by Crippen LogP contribution is 2.36. The van der Waals surface area contributed by atoms with Crippen LogP contribution in [-0.2, 0) is 4.74 Å². The summed E-state index contributed by atoms with van der Waals surface area (Å²) in [7, 11) is 4.29. The van der Waals surface area contributed by atoms with E-state index < -0.39 is 0 Å². The van der Waals surface area contributed by atoms with E-state index in [1.807, 2.05) is 24.0 Å². The molecule has 2 aliphatic heterocycles. The molecule has 0 aromatic carbocycles. The number of piperidine rings is 1. The number of rotatable bonds is 2. The Labute approximate surface area is 138 Å². The van der Waals surface area contributed by atoms with Crippen LogP contribution < -0.4 is 0 Å². The third kappa shape index (κ3) is 3.56. The summed E-state index contributed by atoms with van der Waals surface area (Å²) >= 11 is 0. The number of hydrogen-bond donors (Lipinski definition) is 0. The SMILES string of the molecule is Cc1cccc(C(=O)N2CCC3(CC2)CC(N(C)C)CCO3)n1. The Bertz CT molecular complexity index is 565. The second-order valence-electron chi connectivity index (χ2n) is 7.10. The molecule has 1 atom stereocenters. The fraction of sp³-hybridized carbons (Fsp3) is 0.667. The molecule has 1 aromatic rings. The molecule has 0 aliphatic carbocycles. The molecule has 2 fully saturated rings. The highest BCUT2D eigenvalue weighted by molar-refractivity contribution is 5.92. The molecule has 1 unspecified atom stereocenters. The monoisotopic (exact) mass is 317 g/mol. The zero-order chi connectivity index (χ0) is 16.4. The summed E-state index contributed by atoms with van der Waals surface area (Å²) in [4.78, 5) is 21.2. The number of carbonyl (C=O) groups excluding carboxylic acids is 1. The van der Waals surface area contributed by atoms with Crippen LogP contribution in [0.2, 0.25) is 0 Å². The summed E-state index contributed by atoms with van der Waals surface area (Å²) in [6.07, 6.45) is 4.03. The molecule has 0 saturated carbocycles. The van der Waals surface area contributed by atoms with Crippen molar-refractivity contribution < 1.29 is 9.53 Å². The first kappa shape index (κ1) is 16.4.